The molecule has 0 spiro atoms. The molecule has 6 rings (SSSR count). The van der Waals surface area contributed by atoms with E-state index in [4.69, 9.17) is 15.6 Å². The van der Waals surface area contributed by atoms with Crippen molar-refractivity contribution in [3.63, 3.8) is 0 Å². The second-order valence-electron chi connectivity index (χ2n) is 10.1. The number of hydrogen-bond donors (Lipinski definition) is 3. The molecule has 2 aliphatic heterocycles. The Morgan fingerprint density at radius 2 is 1.56 bits per heavy atom. The first kappa shape index (κ1) is 26.3. The van der Waals surface area contributed by atoms with E-state index < -0.39 is 23.6 Å². The SMILES string of the molecule is CC(N=C(N)c1ccc(CNC(=O)c2ccc3c(c2)[C@@H]2O[C@H]3c3ccc(-c4ccc(F)cc4F)cc32)cc1)C(=O)O. The van der Waals surface area contributed by atoms with Gasteiger partial charge in [-0.3, -0.25) is 9.79 Å². The molecule has 0 fully saturated rings. The summed E-state index contributed by atoms with van der Waals surface area (Å²) in [5, 5.41) is 11.9. The number of rotatable bonds is 7. The minimum atomic E-state index is -1.06. The van der Waals surface area contributed by atoms with E-state index in [-0.39, 0.29) is 30.5 Å². The minimum absolute atomic E-state index is 0.127. The molecule has 0 saturated carbocycles. The van der Waals surface area contributed by atoms with E-state index in [9.17, 15) is 18.4 Å². The number of carboxylic acid groups (broad SMARTS) is 1. The molecule has 2 bridgehead atoms. The Hall–Kier alpha value is -4.89. The van der Waals surface area contributed by atoms with Gasteiger partial charge < -0.3 is 20.9 Å². The predicted molar refractivity (Wildman–Crippen MR) is 148 cm³/mol. The summed E-state index contributed by atoms with van der Waals surface area (Å²) in [5.74, 6) is -2.45. The molecule has 2 aliphatic rings. The van der Waals surface area contributed by atoms with Gasteiger partial charge in [-0.25, -0.2) is 13.6 Å². The lowest BCUT2D eigenvalue weighted by atomic mass is 9.83. The molecule has 9 heteroatoms. The van der Waals surface area contributed by atoms with Gasteiger partial charge >= 0.3 is 5.97 Å². The number of nitrogens with zero attached hydrogens (tertiary/aromatic N) is 1. The highest BCUT2D eigenvalue weighted by atomic mass is 19.1. The first-order valence-electron chi connectivity index (χ1n) is 13.0. The highest BCUT2D eigenvalue weighted by Crippen LogP contribution is 2.54. The number of ether oxygens (including phenoxy) is 1. The third kappa shape index (κ3) is 4.85. The van der Waals surface area contributed by atoms with Gasteiger partial charge in [-0.1, -0.05) is 42.5 Å². The van der Waals surface area contributed by atoms with Gasteiger partial charge in [0.25, 0.3) is 5.91 Å². The van der Waals surface area contributed by atoms with E-state index in [1.807, 2.05) is 30.3 Å². The number of carboxylic acids is 1. The van der Waals surface area contributed by atoms with Crippen LogP contribution >= 0.6 is 0 Å². The van der Waals surface area contributed by atoms with Gasteiger partial charge in [-0.15, -0.1) is 0 Å². The molecule has 0 saturated heterocycles. The van der Waals surface area contributed by atoms with Crippen molar-refractivity contribution in [3.05, 3.63) is 129 Å². The number of fused-ring (bicyclic) bond motifs is 8. The van der Waals surface area contributed by atoms with Crippen LogP contribution in [0.4, 0.5) is 8.78 Å². The van der Waals surface area contributed by atoms with Crippen LogP contribution in [0.2, 0.25) is 0 Å². The van der Waals surface area contributed by atoms with Crippen LogP contribution in [-0.4, -0.2) is 28.9 Å². The van der Waals surface area contributed by atoms with Crippen molar-refractivity contribution >= 4 is 17.7 Å². The van der Waals surface area contributed by atoms with Crippen LogP contribution in [0.25, 0.3) is 11.1 Å². The molecule has 3 atom stereocenters. The summed E-state index contributed by atoms with van der Waals surface area (Å²) >= 11 is 0. The summed E-state index contributed by atoms with van der Waals surface area (Å²) < 4.78 is 34.1. The maximum Gasteiger partial charge on any atom is 0.328 e. The molecule has 0 aromatic heterocycles. The first-order chi connectivity index (χ1) is 19.7. The van der Waals surface area contributed by atoms with Crippen molar-refractivity contribution < 1.29 is 28.2 Å². The maximum absolute atomic E-state index is 14.4. The molecule has 4 aromatic carbocycles. The van der Waals surface area contributed by atoms with Crippen molar-refractivity contribution in [1.82, 2.24) is 5.32 Å². The fourth-order valence-corrected chi connectivity index (χ4v) is 5.29. The number of amides is 1. The van der Waals surface area contributed by atoms with E-state index >= 15 is 0 Å². The van der Waals surface area contributed by atoms with Gasteiger partial charge in [-0.2, -0.15) is 0 Å². The van der Waals surface area contributed by atoms with Crippen LogP contribution in [0.1, 0.15) is 62.9 Å². The summed E-state index contributed by atoms with van der Waals surface area (Å²) in [5.41, 5.74) is 12.5. The Morgan fingerprint density at radius 1 is 0.902 bits per heavy atom. The molecule has 2 heterocycles. The lowest BCUT2D eigenvalue weighted by molar-refractivity contribution is -0.137. The highest BCUT2D eigenvalue weighted by Gasteiger charge is 2.43. The molecule has 4 aromatic rings. The third-order valence-electron chi connectivity index (χ3n) is 7.47. The summed E-state index contributed by atoms with van der Waals surface area (Å²) in [6, 6.07) is 20.7. The zero-order valence-corrected chi connectivity index (χ0v) is 21.9. The lowest BCUT2D eigenvalue weighted by Gasteiger charge is -2.18. The number of hydrogen-bond acceptors (Lipinski definition) is 4. The van der Waals surface area contributed by atoms with Crippen molar-refractivity contribution in [3.8, 4) is 11.1 Å². The molecule has 7 nitrogen and oxygen atoms in total. The largest absolute Gasteiger partial charge is 0.480 e. The highest BCUT2D eigenvalue weighted by molar-refractivity contribution is 5.98. The number of nitrogens with one attached hydrogen (secondary N) is 1. The van der Waals surface area contributed by atoms with Crippen LogP contribution in [0.5, 0.6) is 0 Å². The second kappa shape index (κ2) is 10.3. The molecule has 1 amide bonds. The van der Waals surface area contributed by atoms with E-state index in [2.05, 4.69) is 10.3 Å². The Bertz CT molecular complexity index is 1740. The van der Waals surface area contributed by atoms with Crippen LogP contribution < -0.4 is 11.1 Å². The van der Waals surface area contributed by atoms with E-state index in [1.165, 1.54) is 19.1 Å². The van der Waals surface area contributed by atoms with Gasteiger partial charge in [0.15, 0.2) is 0 Å². The lowest BCUT2D eigenvalue weighted by Crippen LogP contribution is -2.23. The molecule has 1 unspecified atom stereocenters. The fraction of sp³-hybridized carbons (Fsp3) is 0.156. The van der Waals surface area contributed by atoms with E-state index in [0.717, 1.165) is 33.9 Å². The Morgan fingerprint density at radius 3 is 2.27 bits per heavy atom. The number of carbonyl (C=O) groups is 2. The molecule has 206 valence electrons. The summed E-state index contributed by atoms with van der Waals surface area (Å²) in [7, 11) is 0. The molecular weight excluding hydrogens is 528 g/mol. The summed E-state index contributed by atoms with van der Waals surface area (Å²) in [6.45, 7) is 1.72. The van der Waals surface area contributed by atoms with Gasteiger partial charge in [-0.05, 0) is 70.6 Å². The van der Waals surface area contributed by atoms with Gasteiger partial charge in [0.1, 0.15) is 35.7 Å². The number of nitrogens with two attached hydrogens (primary N) is 1. The van der Waals surface area contributed by atoms with Gasteiger partial charge in [0.2, 0.25) is 0 Å². The standard InChI is InChI=1S/C32H25F2N3O4/c1-16(32(39)40)37-30(35)18-4-2-17(3-5-18)15-36-31(38)20-7-10-24-26(13-20)29-25-12-19(6-9-23(25)28(24)41-29)22-11-8-21(33)14-27(22)34/h2-14,16,28-29H,15H2,1H3,(H2,35,37)(H,36,38)(H,39,40)/t16?,28-,29+/m0/s1. The molecule has 4 N–H and O–H groups in total. The Kier molecular flexibility index (Phi) is 6.59. The van der Waals surface area contributed by atoms with Crippen molar-refractivity contribution in [2.24, 2.45) is 10.7 Å². The molecule has 41 heavy (non-hydrogen) atoms. The summed E-state index contributed by atoms with van der Waals surface area (Å²) in [6.07, 6.45) is -0.646. The second-order valence-corrected chi connectivity index (χ2v) is 10.1. The molecular formula is C32H25F2N3O4. The van der Waals surface area contributed by atoms with Crippen LogP contribution in [0, 0.1) is 11.6 Å². The Labute approximate surface area is 234 Å². The average molecular weight is 554 g/mol. The number of aliphatic carboxylic acids is 1. The topological polar surface area (TPSA) is 114 Å². The van der Waals surface area contributed by atoms with Crippen LogP contribution in [0.15, 0.2) is 83.9 Å². The van der Waals surface area contributed by atoms with Crippen molar-refractivity contribution in [1.29, 1.82) is 0 Å². The number of carbonyl (C=O) groups excluding carboxylic acids is 1. The van der Waals surface area contributed by atoms with Crippen molar-refractivity contribution in [2.75, 3.05) is 0 Å². The number of halogens is 2. The Balaban J connectivity index is 1.16. The van der Waals surface area contributed by atoms with E-state index in [0.29, 0.717) is 22.3 Å². The first-order valence-corrected chi connectivity index (χ1v) is 13.0. The normalized spacial score (nSPS) is 17.6. The smallest absolute Gasteiger partial charge is 0.328 e. The fourth-order valence-electron chi connectivity index (χ4n) is 5.29. The number of benzene rings is 4. The quantitative estimate of drug-likeness (QED) is 0.213. The average Bonchev–Trinajstić information content (AvgIpc) is 3.53. The molecule has 0 radical (unpaired) electrons. The zero-order chi connectivity index (χ0) is 28.8. The number of aliphatic imine (C=N–C) groups is 1. The van der Waals surface area contributed by atoms with Crippen LogP contribution in [0.3, 0.4) is 0 Å². The monoisotopic (exact) mass is 553 g/mol. The zero-order valence-electron chi connectivity index (χ0n) is 21.9. The number of amidine groups is 1. The van der Waals surface area contributed by atoms with Crippen LogP contribution in [-0.2, 0) is 16.1 Å². The minimum Gasteiger partial charge on any atom is -0.480 e. The predicted octanol–water partition coefficient (Wildman–Crippen LogP) is 5.26. The van der Waals surface area contributed by atoms with Gasteiger partial charge in [0.05, 0.1) is 0 Å². The maximum atomic E-state index is 14.4. The van der Waals surface area contributed by atoms with Gasteiger partial charge in [0, 0.05) is 29.3 Å². The van der Waals surface area contributed by atoms with Crippen molar-refractivity contribution in [2.45, 2.75) is 31.7 Å². The van der Waals surface area contributed by atoms with E-state index in [1.54, 1.807) is 30.3 Å². The molecule has 0 aliphatic carbocycles. The summed E-state index contributed by atoms with van der Waals surface area (Å²) in [4.78, 5) is 28.0. The third-order valence-corrected chi connectivity index (χ3v) is 7.47.